The highest BCUT2D eigenvalue weighted by molar-refractivity contribution is 5.81. The van der Waals surface area contributed by atoms with Gasteiger partial charge in [0.1, 0.15) is 0 Å². The summed E-state index contributed by atoms with van der Waals surface area (Å²) in [5, 5.41) is 9.75. The predicted molar refractivity (Wildman–Crippen MR) is 106 cm³/mol. The van der Waals surface area contributed by atoms with Crippen molar-refractivity contribution in [2.45, 2.75) is 76.8 Å². The molecule has 0 radical (unpaired) electrons. The van der Waals surface area contributed by atoms with Crippen LogP contribution in [0.2, 0.25) is 0 Å². The van der Waals surface area contributed by atoms with Gasteiger partial charge in [0.05, 0.1) is 0 Å². The Morgan fingerprint density at radius 3 is 2.52 bits per heavy atom. The second kappa shape index (κ2) is 9.95. The summed E-state index contributed by atoms with van der Waals surface area (Å²) in [6.45, 7) is 5.08. The molecule has 0 aromatic rings. The largest absolute Gasteiger partial charge is 0.357 e. The Morgan fingerprint density at radius 2 is 1.81 bits per heavy atom. The summed E-state index contributed by atoms with van der Waals surface area (Å²) >= 11 is 0. The summed E-state index contributed by atoms with van der Waals surface area (Å²) < 4.78 is 0. The molecule has 27 heavy (non-hydrogen) atoms. The van der Waals surface area contributed by atoms with Crippen LogP contribution in [0, 0.1) is 5.92 Å². The Morgan fingerprint density at radius 1 is 1.04 bits per heavy atom. The molecule has 152 valence electrons. The molecule has 3 rings (SSSR count). The van der Waals surface area contributed by atoms with Crippen molar-refractivity contribution >= 4 is 17.8 Å². The van der Waals surface area contributed by atoms with Crippen LogP contribution in [0.5, 0.6) is 0 Å². The Balaban J connectivity index is 1.39. The first-order valence-electron chi connectivity index (χ1n) is 10.8. The maximum absolute atomic E-state index is 12.6. The maximum Gasteiger partial charge on any atom is 0.225 e. The molecule has 1 atom stereocenters. The number of aliphatic imine (C=N–C) groups is 1. The lowest BCUT2D eigenvalue weighted by atomic mass is 10.1. The molecule has 0 aromatic heterocycles. The summed E-state index contributed by atoms with van der Waals surface area (Å²) in [5.74, 6) is 1.54. The highest BCUT2D eigenvalue weighted by Crippen LogP contribution is 2.27. The van der Waals surface area contributed by atoms with E-state index < -0.39 is 0 Å². The third-order valence-corrected chi connectivity index (χ3v) is 5.66. The Hall–Kier alpha value is -1.79. The SMILES string of the molecule is CCNC(=NCCCC(=O)NC1CC1)NC1CCN(C(=O)C2CCCC2)C1. The lowest BCUT2D eigenvalue weighted by Crippen LogP contribution is -2.45. The quantitative estimate of drug-likeness (QED) is 0.339. The van der Waals surface area contributed by atoms with Crippen LogP contribution in [0.15, 0.2) is 4.99 Å². The zero-order valence-electron chi connectivity index (χ0n) is 16.6. The maximum atomic E-state index is 12.6. The Kier molecular flexibility index (Phi) is 7.35. The van der Waals surface area contributed by atoms with E-state index in [4.69, 9.17) is 0 Å². The van der Waals surface area contributed by atoms with Crippen molar-refractivity contribution in [1.82, 2.24) is 20.9 Å². The molecule has 2 amide bonds. The molecule has 2 saturated carbocycles. The highest BCUT2D eigenvalue weighted by Gasteiger charge is 2.32. The van der Waals surface area contributed by atoms with Crippen molar-refractivity contribution in [2.24, 2.45) is 10.9 Å². The molecule has 1 saturated heterocycles. The fraction of sp³-hybridized carbons (Fsp3) is 0.850. The van der Waals surface area contributed by atoms with Gasteiger partial charge in [0.15, 0.2) is 5.96 Å². The first kappa shape index (κ1) is 20.0. The van der Waals surface area contributed by atoms with Gasteiger partial charge >= 0.3 is 0 Å². The van der Waals surface area contributed by atoms with Gasteiger partial charge in [0.25, 0.3) is 0 Å². The van der Waals surface area contributed by atoms with Gasteiger partial charge in [0.2, 0.25) is 11.8 Å². The number of guanidine groups is 1. The highest BCUT2D eigenvalue weighted by atomic mass is 16.2. The van der Waals surface area contributed by atoms with E-state index in [-0.39, 0.29) is 17.9 Å². The molecule has 2 aliphatic carbocycles. The van der Waals surface area contributed by atoms with Gasteiger partial charge in [-0.2, -0.15) is 0 Å². The third-order valence-electron chi connectivity index (χ3n) is 5.66. The van der Waals surface area contributed by atoms with Crippen LogP contribution in [0.4, 0.5) is 0 Å². The topological polar surface area (TPSA) is 85.8 Å². The van der Waals surface area contributed by atoms with Crippen molar-refractivity contribution in [3.63, 3.8) is 0 Å². The second-order valence-corrected chi connectivity index (χ2v) is 8.10. The number of nitrogens with one attached hydrogen (secondary N) is 3. The lowest BCUT2D eigenvalue weighted by Gasteiger charge is -2.21. The van der Waals surface area contributed by atoms with Crippen LogP contribution in [-0.4, -0.2) is 60.9 Å². The smallest absolute Gasteiger partial charge is 0.225 e. The molecular weight excluding hydrogens is 342 g/mol. The van der Waals surface area contributed by atoms with Gasteiger partial charge in [-0.05, 0) is 45.4 Å². The van der Waals surface area contributed by atoms with Gasteiger partial charge in [-0.15, -0.1) is 0 Å². The molecule has 3 N–H and O–H groups in total. The van der Waals surface area contributed by atoms with Crippen molar-refractivity contribution in [1.29, 1.82) is 0 Å². The average Bonchev–Trinajstić information content (AvgIpc) is 3.13. The number of rotatable bonds is 8. The van der Waals surface area contributed by atoms with Crippen molar-refractivity contribution in [3.8, 4) is 0 Å². The molecule has 1 unspecified atom stereocenters. The molecule has 7 heteroatoms. The first-order chi connectivity index (χ1) is 13.2. The van der Waals surface area contributed by atoms with Gasteiger partial charge in [-0.25, -0.2) is 0 Å². The molecular formula is C20H35N5O2. The number of hydrogen-bond acceptors (Lipinski definition) is 3. The van der Waals surface area contributed by atoms with Gasteiger partial charge in [-0.1, -0.05) is 12.8 Å². The summed E-state index contributed by atoms with van der Waals surface area (Å²) in [6, 6.07) is 0.684. The van der Waals surface area contributed by atoms with E-state index >= 15 is 0 Å². The van der Waals surface area contributed by atoms with E-state index in [9.17, 15) is 9.59 Å². The number of carbonyl (C=O) groups is 2. The Bertz CT molecular complexity index is 540. The van der Waals surface area contributed by atoms with Crippen molar-refractivity contribution in [3.05, 3.63) is 0 Å². The van der Waals surface area contributed by atoms with Gasteiger partial charge in [-0.3, -0.25) is 14.6 Å². The molecule has 1 heterocycles. The summed E-state index contributed by atoms with van der Waals surface area (Å²) in [6.07, 6.45) is 9.02. The fourth-order valence-corrected chi connectivity index (χ4v) is 3.98. The summed E-state index contributed by atoms with van der Waals surface area (Å²) in [7, 11) is 0. The van der Waals surface area contributed by atoms with Crippen LogP contribution >= 0.6 is 0 Å². The number of carbonyl (C=O) groups excluding carboxylic acids is 2. The zero-order chi connectivity index (χ0) is 19.1. The minimum absolute atomic E-state index is 0.141. The number of amides is 2. The Labute approximate surface area is 162 Å². The van der Waals surface area contributed by atoms with E-state index in [2.05, 4.69) is 20.9 Å². The van der Waals surface area contributed by atoms with Crippen molar-refractivity contribution in [2.75, 3.05) is 26.2 Å². The van der Waals surface area contributed by atoms with E-state index in [1.165, 1.54) is 12.8 Å². The van der Waals surface area contributed by atoms with E-state index in [1.807, 2.05) is 11.8 Å². The van der Waals surface area contributed by atoms with Crippen LogP contribution in [0.3, 0.4) is 0 Å². The standard InChI is InChI=1S/C20H35N5O2/c1-2-21-20(22-12-5-8-18(26)23-16-9-10-16)24-17-11-13-25(14-17)19(27)15-6-3-4-7-15/h15-17H,2-14H2,1H3,(H,23,26)(H2,21,22,24). The first-order valence-corrected chi connectivity index (χ1v) is 10.8. The molecule has 3 aliphatic rings. The molecule has 3 fully saturated rings. The fourth-order valence-electron chi connectivity index (χ4n) is 3.98. The lowest BCUT2D eigenvalue weighted by molar-refractivity contribution is -0.134. The van der Waals surface area contributed by atoms with E-state index in [0.29, 0.717) is 24.9 Å². The molecule has 0 aromatic carbocycles. The van der Waals surface area contributed by atoms with Crippen molar-refractivity contribution < 1.29 is 9.59 Å². The van der Waals surface area contributed by atoms with Gasteiger partial charge in [0, 0.05) is 50.6 Å². The van der Waals surface area contributed by atoms with Crippen LogP contribution in [0.1, 0.15) is 64.7 Å². The normalized spacial score (nSPS) is 23.5. The summed E-state index contributed by atoms with van der Waals surface area (Å²) in [4.78, 5) is 30.9. The zero-order valence-corrected chi connectivity index (χ0v) is 16.6. The van der Waals surface area contributed by atoms with Gasteiger partial charge < -0.3 is 20.9 Å². The molecule has 0 spiro atoms. The second-order valence-electron chi connectivity index (χ2n) is 8.10. The monoisotopic (exact) mass is 377 g/mol. The van der Waals surface area contributed by atoms with Crippen LogP contribution < -0.4 is 16.0 Å². The molecule has 7 nitrogen and oxygen atoms in total. The number of likely N-dealkylation sites (tertiary alicyclic amines) is 1. The summed E-state index contributed by atoms with van der Waals surface area (Å²) in [5.41, 5.74) is 0. The van der Waals surface area contributed by atoms with E-state index in [0.717, 1.165) is 64.1 Å². The number of nitrogens with zero attached hydrogens (tertiary/aromatic N) is 2. The third kappa shape index (κ3) is 6.40. The molecule has 0 bridgehead atoms. The van der Waals surface area contributed by atoms with Crippen LogP contribution in [0.25, 0.3) is 0 Å². The van der Waals surface area contributed by atoms with Crippen LogP contribution in [-0.2, 0) is 9.59 Å². The molecule has 1 aliphatic heterocycles. The predicted octanol–water partition coefficient (Wildman–Crippen LogP) is 1.39. The minimum Gasteiger partial charge on any atom is -0.357 e. The number of hydrogen-bond donors (Lipinski definition) is 3. The average molecular weight is 378 g/mol. The minimum atomic E-state index is 0.141. The van der Waals surface area contributed by atoms with E-state index in [1.54, 1.807) is 0 Å².